The molecule has 2 heterocycles. The number of nitrogens with zero attached hydrogens (tertiary/aromatic N) is 3. The number of hydrogen-bond donors (Lipinski definition) is 1. The summed E-state index contributed by atoms with van der Waals surface area (Å²) >= 11 is 0. The van der Waals surface area contributed by atoms with Crippen molar-refractivity contribution >= 4 is 0 Å². The average Bonchev–Trinajstić information content (AvgIpc) is 2.62. The van der Waals surface area contributed by atoms with Gasteiger partial charge in [-0.1, -0.05) is 6.92 Å². The normalized spacial score (nSPS) is 27.1. The standard InChI is InChI=1S/C11H18N4/c1-2-4-15-5-3-10(12)11(15)9-6-13-8-14-7-9/h6-8,10-11H,2-5,12H2,1H3/t10-,11+/m0/s1. The zero-order chi connectivity index (χ0) is 10.7. The molecule has 0 radical (unpaired) electrons. The molecule has 0 aliphatic carbocycles. The lowest BCUT2D eigenvalue weighted by molar-refractivity contribution is 0.247. The molecule has 0 aromatic carbocycles. The van der Waals surface area contributed by atoms with Crippen LogP contribution in [-0.4, -0.2) is 34.0 Å². The fraction of sp³-hybridized carbons (Fsp3) is 0.636. The molecule has 1 aromatic rings. The van der Waals surface area contributed by atoms with Gasteiger partial charge in [0.25, 0.3) is 0 Å². The van der Waals surface area contributed by atoms with Crippen LogP contribution in [-0.2, 0) is 0 Å². The van der Waals surface area contributed by atoms with Crippen molar-refractivity contribution < 1.29 is 0 Å². The number of aromatic nitrogens is 2. The van der Waals surface area contributed by atoms with Gasteiger partial charge in [0, 0.05) is 30.5 Å². The minimum absolute atomic E-state index is 0.225. The Morgan fingerprint density at radius 1 is 1.47 bits per heavy atom. The van der Waals surface area contributed by atoms with Gasteiger partial charge in [0.2, 0.25) is 0 Å². The van der Waals surface area contributed by atoms with E-state index in [2.05, 4.69) is 21.8 Å². The SMILES string of the molecule is CCCN1CC[C@H](N)[C@H]1c1cncnc1. The first kappa shape index (κ1) is 10.5. The van der Waals surface area contributed by atoms with Crippen LogP contribution in [0.4, 0.5) is 0 Å². The second-order valence-corrected chi connectivity index (χ2v) is 4.11. The molecule has 0 spiro atoms. The summed E-state index contributed by atoms with van der Waals surface area (Å²) < 4.78 is 0. The highest BCUT2D eigenvalue weighted by molar-refractivity contribution is 5.14. The Morgan fingerprint density at radius 3 is 2.87 bits per heavy atom. The van der Waals surface area contributed by atoms with E-state index in [0.29, 0.717) is 6.04 Å². The van der Waals surface area contributed by atoms with Crippen molar-refractivity contribution in [3.63, 3.8) is 0 Å². The third-order valence-electron chi connectivity index (χ3n) is 2.98. The molecule has 1 fully saturated rings. The van der Waals surface area contributed by atoms with Gasteiger partial charge in [0.05, 0.1) is 6.04 Å². The summed E-state index contributed by atoms with van der Waals surface area (Å²) in [6.45, 7) is 4.39. The Hall–Kier alpha value is -1.00. The third kappa shape index (κ3) is 2.16. The number of likely N-dealkylation sites (tertiary alicyclic amines) is 1. The molecular weight excluding hydrogens is 188 g/mol. The van der Waals surface area contributed by atoms with E-state index >= 15 is 0 Å². The van der Waals surface area contributed by atoms with E-state index in [-0.39, 0.29) is 6.04 Å². The van der Waals surface area contributed by atoms with Crippen molar-refractivity contribution in [2.24, 2.45) is 5.73 Å². The molecule has 0 amide bonds. The first-order valence-electron chi connectivity index (χ1n) is 5.57. The largest absolute Gasteiger partial charge is 0.326 e. The van der Waals surface area contributed by atoms with E-state index in [1.807, 2.05) is 12.4 Å². The summed E-state index contributed by atoms with van der Waals surface area (Å²) in [5.74, 6) is 0. The molecule has 0 unspecified atom stereocenters. The number of rotatable bonds is 3. The fourth-order valence-corrected chi connectivity index (χ4v) is 2.34. The van der Waals surface area contributed by atoms with Gasteiger partial charge in [0.1, 0.15) is 6.33 Å². The molecule has 0 bridgehead atoms. The predicted molar refractivity (Wildman–Crippen MR) is 59.2 cm³/mol. The maximum absolute atomic E-state index is 6.13. The highest BCUT2D eigenvalue weighted by Gasteiger charge is 2.32. The Bertz CT molecular complexity index is 299. The molecule has 1 aromatic heterocycles. The van der Waals surface area contributed by atoms with Crippen LogP contribution in [0.25, 0.3) is 0 Å². The Kier molecular flexibility index (Phi) is 3.28. The molecule has 4 heteroatoms. The lowest BCUT2D eigenvalue weighted by atomic mass is 10.0. The number of hydrogen-bond acceptors (Lipinski definition) is 4. The van der Waals surface area contributed by atoms with E-state index in [0.717, 1.165) is 31.5 Å². The van der Waals surface area contributed by atoms with Crippen LogP contribution in [0.5, 0.6) is 0 Å². The van der Waals surface area contributed by atoms with Gasteiger partial charge in [0.15, 0.2) is 0 Å². The summed E-state index contributed by atoms with van der Waals surface area (Å²) in [5, 5.41) is 0. The maximum Gasteiger partial charge on any atom is 0.115 e. The van der Waals surface area contributed by atoms with Crippen molar-refractivity contribution in [3.8, 4) is 0 Å². The maximum atomic E-state index is 6.13. The van der Waals surface area contributed by atoms with Crippen LogP contribution in [0.1, 0.15) is 31.4 Å². The van der Waals surface area contributed by atoms with Crippen molar-refractivity contribution in [1.82, 2.24) is 14.9 Å². The van der Waals surface area contributed by atoms with Gasteiger partial charge in [-0.15, -0.1) is 0 Å². The summed E-state index contributed by atoms with van der Waals surface area (Å²) in [6, 6.07) is 0.536. The molecule has 2 N–H and O–H groups in total. The van der Waals surface area contributed by atoms with Crippen LogP contribution >= 0.6 is 0 Å². The summed E-state index contributed by atoms with van der Waals surface area (Å²) in [5.41, 5.74) is 7.28. The average molecular weight is 206 g/mol. The highest BCUT2D eigenvalue weighted by Crippen LogP contribution is 2.30. The van der Waals surface area contributed by atoms with Crippen LogP contribution < -0.4 is 5.73 Å². The van der Waals surface area contributed by atoms with Gasteiger partial charge in [-0.2, -0.15) is 0 Å². The van der Waals surface area contributed by atoms with Gasteiger partial charge >= 0.3 is 0 Å². The van der Waals surface area contributed by atoms with Gasteiger partial charge in [-0.25, -0.2) is 9.97 Å². The Balaban J connectivity index is 2.17. The van der Waals surface area contributed by atoms with Crippen molar-refractivity contribution in [2.75, 3.05) is 13.1 Å². The van der Waals surface area contributed by atoms with E-state index in [4.69, 9.17) is 5.73 Å². The third-order valence-corrected chi connectivity index (χ3v) is 2.98. The van der Waals surface area contributed by atoms with E-state index in [1.165, 1.54) is 0 Å². The molecule has 15 heavy (non-hydrogen) atoms. The molecule has 1 saturated heterocycles. The smallest absolute Gasteiger partial charge is 0.115 e. The quantitative estimate of drug-likeness (QED) is 0.800. The van der Waals surface area contributed by atoms with Gasteiger partial charge in [-0.05, 0) is 19.4 Å². The topological polar surface area (TPSA) is 55.0 Å². The number of nitrogens with two attached hydrogens (primary N) is 1. The molecule has 4 nitrogen and oxygen atoms in total. The molecular formula is C11H18N4. The lowest BCUT2D eigenvalue weighted by Crippen LogP contribution is -2.32. The fourth-order valence-electron chi connectivity index (χ4n) is 2.34. The summed E-state index contributed by atoms with van der Waals surface area (Å²) in [6.07, 6.45) is 7.56. The van der Waals surface area contributed by atoms with Crippen molar-refractivity contribution in [3.05, 3.63) is 24.3 Å². The van der Waals surface area contributed by atoms with E-state index < -0.39 is 0 Å². The van der Waals surface area contributed by atoms with Crippen molar-refractivity contribution in [1.29, 1.82) is 0 Å². The molecule has 2 rings (SSSR count). The first-order valence-corrected chi connectivity index (χ1v) is 5.57. The monoisotopic (exact) mass is 206 g/mol. The van der Waals surface area contributed by atoms with Gasteiger partial charge in [-0.3, -0.25) is 4.90 Å². The Morgan fingerprint density at radius 2 is 2.20 bits per heavy atom. The zero-order valence-electron chi connectivity index (χ0n) is 9.13. The molecule has 0 saturated carbocycles. The molecule has 2 atom stereocenters. The summed E-state index contributed by atoms with van der Waals surface area (Å²) in [4.78, 5) is 10.6. The van der Waals surface area contributed by atoms with Gasteiger partial charge < -0.3 is 5.73 Å². The minimum atomic E-state index is 0.225. The van der Waals surface area contributed by atoms with Crippen LogP contribution in [0.15, 0.2) is 18.7 Å². The molecule has 82 valence electrons. The lowest BCUT2D eigenvalue weighted by Gasteiger charge is -2.25. The molecule has 1 aliphatic rings. The van der Waals surface area contributed by atoms with Crippen LogP contribution in [0.2, 0.25) is 0 Å². The Labute approximate surface area is 90.5 Å². The summed E-state index contributed by atoms with van der Waals surface area (Å²) in [7, 11) is 0. The van der Waals surface area contributed by atoms with E-state index in [9.17, 15) is 0 Å². The van der Waals surface area contributed by atoms with Crippen LogP contribution in [0, 0.1) is 0 Å². The van der Waals surface area contributed by atoms with Crippen LogP contribution in [0.3, 0.4) is 0 Å². The first-order chi connectivity index (χ1) is 7.33. The minimum Gasteiger partial charge on any atom is -0.326 e. The second kappa shape index (κ2) is 4.68. The highest BCUT2D eigenvalue weighted by atomic mass is 15.2. The predicted octanol–water partition coefficient (Wildman–Crippen LogP) is 0.961. The molecule has 1 aliphatic heterocycles. The zero-order valence-corrected chi connectivity index (χ0v) is 9.13. The van der Waals surface area contributed by atoms with E-state index in [1.54, 1.807) is 6.33 Å². The second-order valence-electron chi connectivity index (χ2n) is 4.11. The van der Waals surface area contributed by atoms with Crippen molar-refractivity contribution in [2.45, 2.75) is 31.8 Å².